The van der Waals surface area contributed by atoms with Crippen LogP contribution in [0, 0.1) is 0 Å². The summed E-state index contributed by atoms with van der Waals surface area (Å²) in [7, 11) is 0. The maximum atomic E-state index is 6.20. The van der Waals surface area contributed by atoms with E-state index in [1.165, 1.54) is 35.2 Å². The van der Waals surface area contributed by atoms with Crippen molar-refractivity contribution >= 4 is 5.69 Å². The van der Waals surface area contributed by atoms with Gasteiger partial charge >= 0.3 is 0 Å². The Kier molecular flexibility index (Phi) is 3.10. The molecule has 1 fully saturated rings. The van der Waals surface area contributed by atoms with E-state index in [1.54, 1.807) is 0 Å². The van der Waals surface area contributed by atoms with Gasteiger partial charge in [0.1, 0.15) is 18.1 Å². The summed E-state index contributed by atoms with van der Waals surface area (Å²) in [6.45, 7) is 4.35. The third kappa shape index (κ3) is 1.99. The molecular formula is C22H23NO3. The van der Waals surface area contributed by atoms with Gasteiger partial charge in [0.15, 0.2) is 0 Å². The third-order valence-electron chi connectivity index (χ3n) is 6.45. The minimum Gasteiger partial charge on any atom is -0.493 e. The highest BCUT2D eigenvalue weighted by Gasteiger charge is 2.50. The standard InChI is InChI=1S/C22H23NO3/c1-2-6-19-17(5-1)22(13-23(19)12-16-4-3-8-24-16)14-26-21-11-20-15(7-9-25-20)10-18(21)22/h1-2,5-6,10-11,16H,3-4,7-9,12-14H2/t16-,22-/m0/s1. The number of nitrogens with zero attached hydrogens (tertiary/aromatic N) is 1. The SMILES string of the molecule is c1ccc2c(c1)N(C[C@@H]1CCCO1)C[C@]21COc2cc3c(cc21)CCO3. The first kappa shape index (κ1) is 14.9. The molecule has 26 heavy (non-hydrogen) atoms. The van der Waals surface area contributed by atoms with Crippen LogP contribution in [-0.2, 0) is 16.6 Å². The van der Waals surface area contributed by atoms with Gasteiger partial charge < -0.3 is 19.1 Å². The van der Waals surface area contributed by atoms with Crippen molar-refractivity contribution in [2.75, 3.05) is 37.8 Å². The second kappa shape index (κ2) is 5.40. The molecule has 0 N–H and O–H groups in total. The van der Waals surface area contributed by atoms with Crippen LogP contribution in [0.1, 0.15) is 29.5 Å². The molecule has 0 unspecified atom stereocenters. The molecule has 4 aliphatic rings. The van der Waals surface area contributed by atoms with E-state index in [-0.39, 0.29) is 5.41 Å². The van der Waals surface area contributed by atoms with Crippen molar-refractivity contribution in [1.29, 1.82) is 0 Å². The molecule has 2 aromatic carbocycles. The van der Waals surface area contributed by atoms with E-state index in [0.717, 1.165) is 44.2 Å². The zero-order chi connectivity index (χ0) is 17.1. The topological polar surface area (TPSA) is 30.9 Å². The van der Waals surface area contributed by atoms with Gasteiger partial charge in [0.25, 0.3) is 0 Å². The molecular weight excluding hydrogens is 326 g/mol. The van der Waals surface area contributed by atoms with Gasteiger partial charge in [-0.15, -0.1) is 0 Å². The molecule has 4 heteroatoms. The fourth-order valence-electron chi connectivity index (χ4n) is 5.18. The van der Waals surface area contributed by atoms with Gasteiger partial charge in [0, 0.05) is 43.4 Å². The first-order valence-corrected chi connectivity index (χ1v) is 9.73. The zero-order valence-electron chi connectivity index (χ0n) is 14.9. The van der Waals surface area contributed by atoms with Crippen molar-refractivity contribution in [2.45, 2.75) is 30.8 Å². The van der Waals surface area contributed by atoms with Crippen molar-refractivity contribution in [3.8, 4) is 11.5 Å². The number of ether oxygens (including phenoxy) is 3. The van der Waals surface area contributed by atoms with Crippen molar-refractivity contribution in [3.05, 3.63) is 53.1 Å². The lowest BCUT2D eigenvalue weighted by Gasteiger charge is -2.27. The Morgan fingerprint density at radius 3 is 2.92 bits per heavy atom. The van der Waals surface area contributed by atoms with Crippen LogP contribution in [0.2, 0.25) is 0 Å². The van der Waals surface area contributed by atoms with E-state index in [1.807, 2.05) is 0 Å². The van der Waals surface area contributed by atoms with Gasteiger partial charge in [-0.05, 0) is 36.1 Å². The summed E-state index contributed by atoms with van der Waals surface area (Å²) in [5.74, 6) is 2.00. The molecule has 0 radical (unpaired) electrons. The Morgan fingerprint density at radius 2 is 2.00 bits per heavy atom. The van der Waals surface area contributed by atoms with E-state index in [0.29, 0.717) is 12.7 Å². The smallest absolute Gasteiger partial charge is 0.127 e. The van der Waals surface area contributed by atoms with E-state index in [9.17, 15) is 0 Å². The number of hydrogen-bond donors (Lipinski definition) is 0. The Hall–Kier alpha value is -2.20. The van der Waals surface area contributed by atoms with Gasteiger partial charge in [-0.1, -0.05) is 18.2 Å². The molecule has 4 nitrogen and oxygen atoms in total. The Bertz CT molecular complexity index is 874. The molecule has 0 bridgehead atoms. The van der Waals surface area contributed by atoms with Crippen molar-refractivity contribution in [3.63, 3.8) is 0 Å². The zero-order valence-corrected chi connectivity index (χ0v) is 14.9. The molecule has 4 aliphatic heterocycles. The van der Waals surface area contributed by atoms with Crippen LogP contribution in [0.3, 0.4) is 0 Å². The van der Waals surface area contributed by atoms with E-state index in [2.05, 4.69) is 41.3 Å². The number of fused-ring (bicyclic) bond motifs is 5. The fraction of sp³-hybridized carbons (Fsp3) is 0.455. The minimum atomic E-state index is -0.0673. The number of hydrogen-bond acceptors (Lipinski definition) is 4. The molecule has 0 aromatic heterocycles. The van der Waals surface area contributed by atoms with Crippen LogP contribution in [-0.4, -0.2) is 39.0 Å². The maximum absolute atomic E-state index is 6.20. The van der Waals surface area contributed by atoms with Gasteiger partial charge in [0.2, 0.25) is 0 Å². The lowest BCUT2D eigenvalue weighted by molar-refractivity contribution is 0.115. The highest BCUT2D eigenvalue weighted by molar-refractivity contribution is 5.70. The average molecular weight is 349 g/mol. The lowest BCUT2D eigenvalue weighted by Crippen LogP contribution is -2.39. The van der Waals surface area contributed by atoms with E-state index in [4.69, 9.17) is 14.2 Å². The minimum absolute atomic E-state index is 0.0673. The summed E-state index contributed by atoms with van der Waals surface area (Å²) < 4.78 is 17.9. The molecule has 4 heterocycles. The third-order valence-corrected chi connectivity index (χ3v) is 6.45. The normalized spacial score (nSPS) is 28.0. The average Bonchev–Trinajstić information content (AvgIpc) is 3.44. The van der Waals surface area contributed by atoms with Gasteiger partial charge in [-0.3, -0.25) is 0 Å². The molecule has 2 atom stereocenters. The summed E-state index contributed by atoms with van der Waals surface area (Å²) >= 11 is 0. The van der Waals surface area contributed by atoms with Crippen molar-refractivity contribution in [1.82, 2.24) is 0 Å². The van der Waals surface area contributed by atoms with Crippen LogP contribution < -0.4 is 14.4 Å². The molecule has 2 aromatic rings. The summed E-state index contributed by atoms with van der Waals surface area (Å²) in [4.78, 5) is 2.52. The predicted octanol–water partition coefficient (Wildman–Crippen LogP) is 3.30. The molecule has 134 valence electrons. The molecule has 1 saturated heterocycles. The number of para-hydroxylation sites is 1. The van der Waals surface area contributed by atoms with Gasteiger partial charge in [-0.2, -0.15) is 0 Å². The molecule has 1 spiro atoms. The monoisotopic (exact) mass is 349 g/mol. The van der Waals surface area contributed by atoms with Crippen LogP contribution >= 0.6 is 0 Å². The van der Waals surface area contributed by atoms with Gasteiger partial charge in [0.05, 0.1) is 18.1 Å². The van der Waals surface area contributed by atoms with Crippen LogP contribution in [0.25, 0.3) is 0 Å². The Balaban J connectivity index is 1.44. The van der Waals surface area contributed by atoms with Crippen molar-refractivity contribution < 1.29 is 14.2 Å². The molecule has 0 aliphatic carbocycles. The second-order valence-corrected chi connectivity index (χ2v) is 7.96. The lowest BCUT2D eigenvalue weighted by atomic mass is 9.77. The number of benzene rings is 2. The summed E-state index contributed by atoms with van der Waals surface area (Å²) in [6.07, 6.45) is 3.71. The van der Waals surface area contributed by atoms with E-state index < -0.39 is 0 Å². The predicted molar refractivity (Wildman–Crippen MR) is 99.5 cm³/mol. The highest BCUT2D eigenvalue weighted by Crippen LogP contribution is 2.53. The molecule has 6 rings (SSSR count). The largest absolute Gasteiger partial charge is 0.493 e. The maximum Gasteiger partial charge on any atom is 0.127 e. The first-order valence-electron chi connectivity index (χ1n) is 9.73. The summed E-state index contributed by atoms with van der Waals surface area (Å²) in [6, 6.07) is 13.3. The quantitative estimate of drug-likeness (QED) is 0.832. The second-order valence-electron chi connectivity index (χ2n) is 7.96. The van der Waals surface area contributed by atoms with Crippen molar-refractivity contribution in [2.24, 2.45) is 0 Å². The Morgan fingerprint density at radius 1 is 1.04 bits per heavy atom. The highest BCUT2D eigenvalue weighted by atomic mass is 16.5. The summed E-state index contributed by atoms with van der Waals surface area (Å²) in [5.41, 5.74) is 5.34. The van der Waals surface area contributed by atoms with Crippen LogP contribution in [0.5, 0.6) is 11.5 Å². The number of anilines is 1. The van der Waals surface area contributed by atoms with Crippen LogP contribution in [0.15, 0.2) is 36.4 Å². The number of rotatable bonds is 2. The molecule has 0 saturated carbocycles. The van der Waals surface area contributed by atoms with Crippen LogP contribution in [0.4, 0.5) is 5.69 Å². The van der Waals surface area contributed by atoms with E-state index >= 15 is 0 Å². The van der Waals surface area contributed by atoms with Gasteiger partial charge in [-0.25, -0.2) is 0 Å². The Labute approximate surface area is 153 Å². The first-order chi connectivity index (χ1) is 12.8. The molecule has 0 amide bonds. The summed E-state index contributed by atoms with van der Waals surface area (Å²) in [5, 5.41) is 0. The fourth-order valence-corrected chi connectivity index (χ4v) is 5.18.